The second-order valence-corrected chi connectivity index (χ2v) is 8.00. The molecule has 3 N–H and O–H groups in total. The molecule has 3 rings (SSSR count). The Kier molecular flexibility index (Phi) is 7.28. The Morgan fingerprint density at radius 1 is 0.923 bits per heavy atom. The van der Waals surface area contributed by atoms with Crippen LogP contribution in [-0.2, 0) is 9.59 Å². The van der Waals surface area contributed by atoms with Gasteiger partial charge >= 0.3 is 5.97 Å². The summed E-state index contributed by atoms with van der Waals surface area (Å²) in [6.07, 6.45) is 5.85. The molecule has 3 heterocycles. The number of carboxylic acid groups (broad SMARTS) is 1. The highest BCUT2D eigenvalue weighted by Crippen LogP contribution is 2.23. The van der Waals surface area contributed by atoms with E-state index in [0.29, 0.717) is 31.5 Å². The number of carbonyl (C=O) groups excluding carboxylic acids is 1. The summed E-state index contributed by atoms with van der Waals surface area (Å²) in [4.78, 5) is 28.8. The first-order valence-electron chi connectivity index (χ1n) is 10.3. The predicted molar refractivity (Wildman–Crippen MR) is 100.0 cm³/mol. The van der Waals surface area contributed by atoms with E-state index in [2.05, 4.69) is 15.5 Å². The smallest absolute Gasteiger partial charge is 0.316 e. The van der Waals surface area contributed by atoms with Gasteiger partial charge in [-0.1, -0.05) is 0 Å². The fourth-order valence-corrected chi connectivity index (χ4v) is 4.63. The van der Waals surface area contributed by atoms with Crippen molar-refractivity contribution in [2.24, 2.45) is 11.8 Å². The molecule has 148 valence electrons. The SMILES string of the molecule is O=C(O)C(CCC1CCNCC1)C(=O)N1CCN(C2CCNCC2)CC1. The van der Waals surface area contributed by atoms with Gasteiger partial charge in [0.2, 0.25) is 5.91 Å². The number of aliphatic carboxylic acids is 1. The zero-order valence-corrected chi connectivity index (χ0v) is 15.8. The lowest BCUT2D eigenvalue weighted by molar-refractivity contribution is -0.152. The third-order valence-corrected chi connectivity index (χ3v) is 6.37. The number of hydrogen-bond acceptors (Lipinski definition) is 5. The molecule has 0 aromatic heterocycles. The maximum Gasteiger partial charge on any atom is 0.316 e. The van der Waals surface area contributed by atoms with E-state index in [1.165, 1.54) is 12.8 Å². The van der Waals surface area contributed by atoms with Crippen molar-refractivity contribution >= 4 is 11.9 Å². The Balaban J connectivity index is 1.47. The van der Waals surface area contributed by atoms with Gasteiger partial charge in [0.25, 0.3) is 0 Å². The average Bonchev–Trinajstić information content (AvgIpc) is 2.69. The predicted octanol–water partition coefficient (Wildman–Crippen LogP) is 0.363. The van der Waals surface area contributed by atoms with Crippen LogP contribution < -0.4 is 10.6 Å². The van der Waals surface area contributed by atoms with Crippen molar-refractivity contribution in [1.82, 2.24) is 20.4 Å². The van der Waals surface area contributed by atoms with Crippen molar-refractivity contribution in [2.75, 3.05) is 52.4 Å². The quantitative estimate of drug-likeness (QED) is 0.589. The van der Waals surface area contributed by atoms with Crippen molar-refractivity contribution in [3.8, 4) is 0 Å². The van der Waals surface area contributed by atoms with Crippen LogP contribution in [0.2, 0.25) is 0 Å². The van der Waals surface area contributed by atoms with Gasteiger partial charge in [0.1, 0.15) is 5.92 Å². The Morgan fingerprint density at radius 2 is 1.50 bits per heavy atom. The third kappa shape index (κ3) is 5.18. The summed E-state index contributed by atoms with van der Waals surface area (Å²) in [6, 6.07) is 0.615. The molecule has 1 atom stereocenters. The summed E-state index contributed by atoms with van der Waals surface area (Å²) in [7, 11) is 0. The first-order chi connectivity index (χ1) is 12.6. The van der Waals surface area contributed by atoms with Gasteiger partial charge in [-0.15, -0.1) is 0 Å². The summed E-state index contributed by atoms with van der Waals surface area (Å²) in [5.74, 6) is -1.43. The minimum absolute atomic E-state index is 0.170. The number of piperidine rings is 2. The molecule has 0 spiro atoms. The molecule has 3 fully saturated rings. The van der Waals surface area contributed by atoms with Gasteiger partial charge in [0.15, 0.2) is 0 Å². The number of rotatable bonds is 6. The molecule has 3 saturated heterocycles. The van der Waals surface area contributed by atoms with Crippen LogP contribution in [0.5, 0.6) is 0 Å². The molecule has 0 aromatic rings. The van der Waals surface area contributed by atoms with E-state index in [0.717, 1.165) is 58.5 Å². The van der Waals surface area contributed by atoms with Crippen LogP contribution in [-0.4, -0.2) is 85.2 Å². The normalized spacial score (nSPS) is 25.2. The molecule has 0 radical (unpaired) electrons. The molecule has 3 aliphatic heterocycles. The minimum Gasteiger partial charge on any atom is -0.481 e. The second-order valence-electron chi connectivity index (χ2n) is 8.00. The van der Waals surface area contributed by atoms with Crippen LogP contribution in [0.1, 0.15) is 38.5 Å². The van der Waals surface area contributed by atoms with Crippen LogP contribution in [0.4, 0.5) is 0 Å². The topological polar surface area (TPSA) is 84.9 Å². The average molecular weight is 367 g/mol. The molecule has 0 aromatic carbocycles. The van der Waals surface area contributed by atoms with Gasteiger partial charge in [0, 0.05) is 32.2 Å². The molecule has 1 unspecified atom stereocenters. The van der Waals surface area contributed by atoms with Crippen molar-refractivity contribution in [2.45, 2.75) is 44.6 Å². The number of carbonyl (C=O) groups is 2. The Morgan fingerprint density at radius 3 is 2.08 bits per heavy atom. The molecule has 7 nitrogen and oxygen atoms in total. The van der Waals surface area contributed by atoms with E-state index in [9.17, 15) is 14.7 Å². The Bertz CT molecular complexity index is 467. The van der Waals surface area contributed by atoms with E-state index in [1.807, 2.05) is 0 Å². The first kappa shape index (κ1) is 19.6. The molecule has 3 aliphatic rings. The van der Waals surface area contributed by atoms with Crippen LogP contribution in [0.3, 0.4) is 0 Å². The molecule has 0 bridgehead atoms. The fourth-order valence-electron chi connectivity index (χ4n) is 4.63. The lowest BCUT2D eigenvalue weighted by Gasteiger charge is -2.41. The number of nitrogens with zero attached hydrogens (tertiary/aromatic N) is 2. The number of hydrogen-bond donors (Lipinski definition) is 3. The van der Waals surface area contributed by atoms with Crippen LogP contribution in [0.25, 0.3) is 0 Å². The molecular formula is C19H34N4O3. The van der Waals surface area contributed by atoms with Crippen molar-refractivity contribution in [3.63, 3.8) is 0 Å². The van der Waals surface area contributed by atoms with Crippen molar-refractivity contribution < 1.29 is 14.7 Å². The summed E-state index contributed by atoms with van der Waals surface area (Å²) in [6.45, 7) is 7.24. The summed E-state index contributed by atoms with van der Waals surface area (Å²) in [5, 5.41) is 16.3. The maximum absolute atomic E-state index is 12.8. The fraction of sp³-hybridized carbons (Fsp3) is 0.895. The van der Waals surface area contributed by atoms with Gasteiger partial charge in [-0.2, -0.15) is 0 Å². The highest BCUT2D eigenvalue weighted by atomic mass is 16.4. The molecule has 0 aliphatic carbocycles. The number of piperazine rings is 1. The second kappa shape index (κ2) is 9.67. The molecule has 0 saturated carbocycles. The van der Waals surface area contributed by atoms with E-state index < -0.39 is 11.9 Å². The standard InChI is InChI=1S/C19H34N4O3/c24-18(17(19(25)26)2-1-15-3-7-20-8-4-15)23-13-11-22(12-14-23)16-5-9-21-10-6-16/h15-17,20-21H,1-14H2,(H,25,26). The van der Waals surface area contributed by atoms with Crippen molar-refractivity contribution in [3.05, 3.63) is 0 Å². The van der Waals surface area contributed by atoms with E-state index in [-0.39, 0.29) is 5.91 Å². The van der Waals surface area contributed by atoms with E-state index in [4.69, 9.17) is 0 Å². The monoisotopic (exact) mass is 366 g/mol. The molecule has 7 heteroatoms. The van der Waals surface area contributed by atoms with Gasteiger partial charge in [-0.3, -0.25) is 14.5 Å². The largest absolute Gasteiger partial charge is 0.481 e. The third-order valence-electron chi connectivity index (χ3n) is 6.37. The van der Waals surface area contributed by atoms with E-state index >= 15 is 0 Å². The van der Waals surface area contributed by atoms with Gasteiger partial charge in [-0.05, 0) is 70.6 Å². The van der Waals surface area contributed by atoms with Crippen LogP contribution in [0, 0.1) is 11.8 Å². The molecule has 26 heavy (non-hydrogen) atoms. The minimum atomic E-state index is -0.954. The Hall–Kier alpha value is -1.18. The number of amides is 1. The van der Waals surface area contributed by atoms with Gasteiger partial charge in [-0.25, -0.2) is 0 Å². The zero-order chi connectivity index (χ0) is 18.4. The summed E-state index contributed by atoms with van der Waals surface area (Å²) < 4.78 is 0. The molecular weight excluding hydrogens is 332 g/mol. The van der Waals surface area contributed by atoms with Gasteiger partial charge < -0.3 is 20.6 Å². The lowest BCUT2D eigenvalue weighted by atomic mass is 9.89. The summed E-state index contributed by atoms with van der Waals surface area (Å²) >= 11 is 0. The zero-order valence-electron chi connectivity index (χ0n) is 15.8. The van der Waals surface area contributed by atoms with Crippen LogP contribution >= 0.6 is 0 Å². The number of carboxylic acids is 1. The van der Waals surface area contributed by atoms with E-state index in [1.54, 1.807) is 4.90 Å². The highest BCUT2D eigenvalue weighted by Gasteiger charge is 2.34. The molecule has 1 amide bonds. The first-order valence-corrected chi connectivity index (χ1v) is 10.3. The van der Waals surface area contributed by atoms with Crippen LogP contribution in [0.15, 0.2) is 0 Å². The van der Waals surface area contributed by atoms with Crippen molar-refractivity contribution in [1.29, 1.82) is 0 Å². The Labute approximate surface area is 156 Å². The lowest BCUT2D eigenvalue weighted by Crippen LogP contribution is -2.55. The number of nitrogens with one attached hydrogen (secondary N) is 2. The van der Waals surface area contributed by atoms with Gasteiger partial charge in [0.05, 0.1) is 0 Å². The highest BCUT2D eigenvalue weighted by molar-refractivity contribution is 5.96. The maximum atomic E-state index is 12.8. The summed E-state index contributed by atoms with van der Waals surface area (Å²) in [5.41, 5.74) is 0.